The molecule has 0 spiro atoms. The van der Waals surface area contributed by atoms with Gasteiger partial charge in [-0.2, -0.15) is 9.50 Å². The smallest absolute Gasteiger partial charge is 0.274 e. The molecular weight excluding hydrogens is 374 g/mol. The number of amides is 1. The van der Waals surface area contributed by atoms with Crippen LogP contribution in [0.5, 0.6) is 0 Å². The van der Waals surface area contributed by atoms with E-state index in [2.05, 4.69) is 27.2 Å². The maximum absolute atomic E-state index is 12.8. The molecule has 7 nitrogen and oxygen atoms in total. The van der Waals surface area contributed by atoms with Crippen molar-refractivity contribution in [1.82, 2.24) is 19.9 Å². The molecule has 1 aromatic carbocycles. The number of hydrogen-bond acceptors (Lipinski definition) is 6. The topological polar surface area (TPSA) is 79.6 Å². The van der Waals surface area contributed by atoms with Crippen LogP contribution >= 0.6 is 11.3 Å². The van der Waals surface area contributed by atoms with Crippen molar-refractivity contribution < 1.29 is 4.79 Å². The van der Waals surface area contributed by atoms with Crippen LogP contribution in [0.3, 0.4) is 0 Å². The van der Waals surface area contributed by atoms with Gasteiger partial charge in [-0.15, -0.1) is 5.10 Å². The van der Waals surface area contributed by atoms with Crippen molar-refractivity contribution >= 4 is 27.3 Å². The molecule has 0 radical (unpaired) electrons. The zero-order valence-electron chi connectivity index (χ0n) is 16.0. The average Bonchev–Trinajstić information content (AvgIpc) is 3.10. The van der Waals surface area contributed by atoms with E-state index in [1.165, 1.54) is 28.3 Å². The van der Waals surface area contributed by atoms with E-state index >= 15 is 0 Å². The summed E-state index contributed by atoms with van der Waals surface area (Å²) < 4.78 is 1.49. The van der Waals surface area contributed by atoms with Gasteiger partial charge in [0.2, 0.25) is 10.1 Å². The lowest BCUT2D eigenvalue weighted by molar-refractivity contribution is 0.0943. The number of nitrogens with one attached hydrogen (secondary N) is 1. The van der Waals surface area contributed by atoms with Gasteiger partial charge in [-0.25, -0.2) is 0 Å². The number of rotatable bonds is 4. The number of piperidine rings is 1. The summed E-state index contributed by atoms with van der Waals surface area (Å²) in [4.78, 5) is 31.5. The fourth-order valence-corrected chi connectivity index (χ4v) is 4.47. The molecule has 146 valence electrons. The summed E-state index contributed by atoms with van der Waals surface area (Å²) in [7, 11) is 0. The van der Waals surface area contributed by atoms with E-state index in [1.807, 2.05) is 31.2 Å². The SMILES string of the molecule is Cc1ccccc1CNC(=O)c1cc(=O)nc2sc(N3CCC[C@H](C)C3)nn12. The van der Waals surface area contributed by atoms with Crippen LogP contribution in [0.4, 0.5) is 5.13 Å². The van der Waals surface area contributed by atoms with Gasteiger partial charge in [-0.1, -0.05) is 42.5 Å². The second kappa shape index (κ2) is 7.71. The van der Waals surface area contributed by atoms with Crippen LogP contribution in [0.25, 0.3) is 4.96 Å². The Morgan fingerprint density at radius 3 is 2.96 bits per heavy atom. The highest BCUT2D eigenvalue weighted by Crippen LogP contribution is 2.27. The average molecular weight is 398 g/mol. The third-order valence-corrected chi connectivity index (χ3v) is 6.07. The van der Waals surface area contributed by atoms with Gasteiger partial charge in [0, 0.05) is 25.7 Å². The summed E-state index contributed by atoms with van der Waals surface area (Å²) >= 11 is 1.36. The van der Waals surface area contributed by atoms with Crippen molar-refractivity contribution in [2.75, 3.05) is 18.0 Å². The lowest BCUT2D eigenvalue weighted by atomic mass is 10.0. The molecule has 0 saturated carbocycles. The predicted octanol–water partition coefficient (Wildman–Crippen LogP) is 2.63. The van der Waals surface area contributed by atoms with Gasteiger partial charge in [0.1, 0.15) is 5.69 Å². The summed E-state index contributed by atoms with van der Waals surface area (Å²) in [6, 6.07) is 9.13. The summed E-state index contributed by atoms with van der Waals surface area (Å²) in [5.41, 5.74) is 1.93. The molecule has 4 rings (SSSR count). The number of benzene rings is 1. The van der Waals surface area contributed by atoms with E-state index in [9.17, 15) is 9.59 Å². The van der Waals surface area contributed by atoms with Crippen molar-refractivity contribution in [3.63, 3.8) is 0 Å². The van der Waals surface area contributed by atoms with E-state index in [0.717, 1.165) is 35.8 Å². The molecule has 8 heteroatoms. The monoisotopic (exact) mass is 397 g/mol. The van der Waals surface area contributed by atoms with Crippen molar-refractivity contribution in [3.8, 4) is 0 Å². The Morgan fingerprint density at radius 1 is 1.36 bits per heavy atom. The van der Waals surface area contributed by atoms with Gasteiger partial charge in [0.05, 0.1) is 0 Å². The largest absolute Gasteiger partial charge is 0.347 e. The van der Waals surface area contributed by atoms with Gasteiger partial charge < -0.3 is 10.2 Å². The van der Waals surface area contributed by atoms with Crippen molar-refractivity contribution in [3.05, 3.63) is 57.5 Å². The van der Waals surface area contributed by atoms with Crippen LogP contribution in [0, 0.1) is 12.8 Å². The zero-order chi connectivity index (χ0) is 19.7. The van der Waals surface area contributed by atoms with Gasteiger partial charge >= 0.3 is 0 Å². The van der Waals surface area contributed by atoms with Crippen LogP contribution < -0.4 is 15.8 Å². The highest BCUT2D eigenvalue weighted by molar-refractivity contribution is 7.20. The molecule has 1 N–H and O–H groups in total. The Hall–Kier alpha value is -2.74. The van der Waals surface area contributed by atoms with E-state index in [1.54, 1.807) is 0 Å². The molecule has 2 aromatic heterocycles. The first-order chi connectivity index (χ1) is 13.5. The van der Waals surface area contributed by atoms with Crippen LogP contribution in [0.15, 0.2) is 35.1 Å². The summed E-state index contributed by atoms with van der Waals surface area (Å²) in [6.45, 7) is 6.49. The number of anilines is 1. The molecule has 1 aliphatic heterocycles. The second-order valence-electron chi connectivity index (χ2n) is 7.36. The van der Waals surface area contributed by atoms with Gasteiger partial charge in [-0.05, 0) is 36.8 Å². The van der Waals surface area contributed by atoms with Crippen molar-refractivity contribution in [1.29, 1.82) is 0 Å². The number of carbonyl (C=O) groups is 1. The fourth-order valence-electron chi connectivity index (χ4n) is 3.53. The molecule has 1 fully saturated rings. The number of aromatic nitrogens is 3. The molecule has 28 heavy (non-hydrogen) atoms. The van der Waals surface area contributed by atoms with E-state index in [4.69, 9.17) is 0 Å². The molecule has 0 bridgehead atoms. The highest BCUT2D eigenvalue weighted by Gasteiger charge is 2.22. The third-order valence-electron chi connectivity index (χ3n) is 5.10. The zero-order valence-corrected chi connectivity index (χ0v) is 16.8. The standard InChI is InChI=1S/C20H23N5O2S/c1-13-6-5-9-24(12-13)20-23-25-16(10-17(26)22-19(25)28-20)18(27)21-11-15-8-4-3-7-14(15)2/h3-4,7-8,10,13H,5-6,9,11-12H2,1-2H3,(H,21,27)/t13-/m0/s1. The maximum Gasteiger partial charge on any atom is 0.274 e. The molecule has 1 aliphatic rings. The van der Waals surface area contributed by atoms with Crippen LogP contribution in [0.1, 0.15) is 41.4 Å². The number of aryl methyl sites for hydroxylation is 1. The molecule has 1 atom stereocenters. The van der Waals surface area contributed by atoms with Crippen LogP contribution in [-0.4, -0.2) is 33.6 Å². The lowest BCUT2D eigenvalue weighted by Crippen LogP contribution is -2.34. The quantitative estimate of drug-likeness (QED) is 0.732. The van der Waals surface area contributed by atoms with E-state index in [0.29, 0.717) is 17.4 Å². The Balaban J connectivity index is 1.61. The first-order valence-electron chi connectivity index (χ1n) is 9.50. The number of hydrogen-bond donors (Lipinski definition) is 1. The van der Waals surface area contributed by atoms with Gasteiger partial charge in [0.25, 0.3) is 11.5 Å². The van der Waals surface area contributed by atoms with Crippen molar-refractivity contribution in [2.24, 2.45) is 5.92 Å². The summed E-state index contributed by atoms with van der Waals surface area (Å²) in [5.74, 6) is 0.271. The summed E-state index contributed by atoms with van der Waals surface area (Å²) in [5, 5.41) is 8.30. The fraction of sp³-hybridized carbons (Fsp3) is 0.400. The molecule has 1 amide bonds. The summed E-state index contributed by atoms with van der Waals surface area (Å²) in [6.07, 6.45) is 2.33. The highest BCUT2D eigenvalue weighted by atomic mass is 32.1. The van der Waals surface area contributed by atoms with Gasteiger partial charge in [0.15, 0.2) is 0 Å². The van der Waals surface area contributed by atoms with Gasteiger partial charge in [-0.3, -0.25) is 9.59 Å². The minimum absolute atomic E-state index is 0.219. The Bertz CT molecular complexity index is 1070. The van der Waals surface area contributed by atoms with E-state index in [-0.39, 0.29) is 11.6 Å². The molecule has 1 saturated heterocycles. The normalized spacial score (nSPS) is 17.1. The number of fused-ring (bicyclic) bond motifs is 1. The molecule has 3 aromatic rings. The van der Waals surface area contributed by atoms with Crippen molar-refractivity contribution in [2.45, 2.75) is 33.2 Å². The Kier molecular flexibility index (Phi) is 5.13. The first-order valence-corrected chi connectivity index (χ1v) is 10.3. The van der Waals surface area contributed by atoms with E-state index < -0.39 is 5.56 Å². The molecule has 0 unspecified atom stereocenters. The number of carbonyl (C=O) groups excluding carboxylic acids is 1. The minimum atomic E-state index is -0.428. The Labute approximate surface area is 167 Å². The third kappa shape index (κ3) is 3.77. The lowest BCUT2D eigenvalue weighted by Gasteiger charge is -2.30. The van der Waals surface area contributed by atoms with Crippen LogP contribution in [0.2, 0.25) is 0 Å². The minimum Gasteiger partial charge on any atom is -0.347 e. The Morgan fingerprint density at radius 2 is 2.18 bits per heavy atom. The number of nitrogens with zero attached hydrogens (tertiary/aromatic N) is 4. The first kappa shape index (κ1) is 18.6. The predicted molar refractivity (Wildman–Crippen MR) is 110 cm³/mol. The second-order valence-corrected chi connectivity index (χ2v) is 8.30. The maximum atomic E-state index is 12.8. The molecule has 3 heterocycles. The molecular formula is C20H23N5O2S. The van der Waals surface area contributed by atoms with Crippen LogP contribution in [-0.2, 0) is 6.54 Å². The molecule has 0 aliphatic carbocycles.